The van der Waals surface area contributed by atoms with Gasteiger partial charge in [-0.1, -0.05) is 36.4 Å². The fraction of sp³-hybridized carbons (Fsp3) is 0.409. The molecule has 0 saturated carbocycles. The first kappa shape index (κ1) is 19.7. The lowest BCUT2D eigenvalue weighted by molar-refractivity contribution is 0.0541. The van der Waals surface area contributed by atoms with Gasteiger partial charge in [0.25, 0.3) is 5.91 Å². The number of hydrogen-bond donors (Lipinski definition) is 2. The van der Waals surface area contributed by atoms with Crippen molar-refractivity contribution in [3.8, 4) is 11.5 Å². The summed E-state index contributed by atoms with van der Waals surface area (Å²) in [5, 5.41) is 0. The van der Waals surface area contributed by atoms with Crippen LogP contribution in [0, 0.1) is 0 Å². The smallest absolute Gasteiger partial charge is 0.257 e. The van der Waals surface area contributed by atoms with Crippen molar-refractivity contribution in [2.75, 3.05) is 40.4 Å². The molecule has 2 aromatic rings. The number of methoxy groups -OCH3 is 2. The molecule has 2 aliphatic heterocycles. The molecule has 0 radical (unpaired) electrons. The molecule has 0 bridgehead atoms. The molecule has 2 heterocycles. The van der Waals surface area contributed by atoms with Gasteiger partial charge in [-0.05, 0) is 24.1 Å². The number of piperazine rings is 1. The normalized spacial score (nSPS) is 22.5. The predicted octanol–water partition coefficient (Wildman–Crippen LogP) is 2.03. The largest absolute Gasteiger partial charge is 0.493 e. The van der Waals surface area contributed by atoms with Crippen LogP contribution in [0.15, 0.2) is 48.5 Å². The third kappa shape index (κ3) is 4.07. The monoisotopic (exact) mass is 396 g/mol. The topological polar surface area (TPSA) is 66.1 Å². The van der Waals surface area contributed by atoms with E-state index in [0.29, 0.717) is 36.2 Å². The summed E-state index contributed by atoms with van der Waals surface area (Å²) in [5.41, 5.74) is 8.66. The number of hydrazine groups is 1. The van der Waals surface area contributed by atoms with Crippen molar-refractivity contribution in [2.24, 2.45) is 0 Å². The third-order valence-electron chi connectivity index (χ3n) is 5.76. The van der Waals surface area contributed by atoms with Gasteiger partial charge in [0.2, 0.25) is 0 Å². The highest BCUT2D eigenvalue weighted by Crippen LogP contribution is 2.32. The Balaban J connectivity index is 1.36. The van der Waals surface area contributed by atoms with Gasteiger partial charge in [0.15, 0.2) is 11.5 Å². The number of benzene rings is 2. The van der Waals surface area contributed by atoms with E-state index in [0.717, 1.165) is 19.5 Å². The van der Waals surface area contributed by atoms with Gasteiger partial charge < -0.3 is 14.4 Å². The van der Waals surface area contributed by atoms with Crippen molar-refractivity contribution < 1.29 is 14.3 Å². The summed E-state index contributed by atoms with van der Waals surface area (Å²) in [5.74, 6) is 1.06. The summed E-state index contributed by atoms with van der Waals surface area (Å²) in [6.07, 6.45) is 1.27. The standard InChI is InChI=1S/C22H28N4O3/c1-28-19-10-6-9-17(21(19)29-2)22(27)26-13-11-25(12-14-26)20-15-18(23-24-20)16-7-4-3-5-8-16/h3-10,18,20,23-24H,11-15H2,1-2H3. The molecule has 0 spiro atoms. The number of nitrogens with one attached hydrogen (secondary N) is 2. The zero-order valence-corrected chi connectivity index (χ0v) is 16.9. The summed E-state index contributed by atoms with van der Waals surface area (Å²) in [7, 11) is 3.14. The van der Waals surface area contributed by atoms with Crippen LogP contribution < -0.4 is 20.3 Å². The molecule has 29 heavy (non-hydrogen) atoms. The molecule has 0 aromatic heterocycles. The SMILES string of the molecule is COc1cccc(C(=O)N2CCN(C3CC(c4ccccc4)NN3)CC2)c1OC. The second kappa shape index (κ2) is 8.82. The first-order chi connectivity index (χ1) is 14.2. The Morgan fingerprint density at radius 2 is 1.69 bits per heavy atom. The molecule has 2 aliphatic rings. The maximum Gasteiger partial charge on any atom is 0.257 e. The number of carbonyl (C=O) groups excluding carboxylic acids is 1. The second-order valence-corrected chi connectivity index (χ2v) is 7.37. The van der Waals surface area contributed by atoms with Crippen molar-refractivity contribution in [3.63, 3.8) is 0 Å². The highest BCUT2D eigenvalue weighted by atomic mass is 16.5. The first-order valence-electron chi connectivity index (χ1n) is 10.0. The van der Waals surface area contributed by atoms with Crippen molar-refractivity contribution in [2.45, 2.75) is 18.6 Å². The van der Waals surface area contributed by atoms with Crippen LogP contribution in [-0.4, -0.2) is 62.3 Å². The molecule has 7 heteroatoms. The molecule has 2 unspecified atom stereocenters. The fourth-order valence-electron chi connectivity index (χ4n) is 4.15. The van der Waals surface area contributed by atoms with Gasteiger partial charge in [-0.15, -0.1) is 0 Å². The van der Waals surface area contributed by atoms with E-state index in [1.807, 2.05) is 17.0 Å². The number of rotatable bonds is 5. The van der Waals surface area contributed by atoms with Gasteiger partial charge in [-0.2, -0.15) is 0 Å². The maximum absolute atomic E-state index is 13.1. The number of ether oxygens (including phenoxy) is 2. The highest BCUT2D eigenvalue weighted by molar-refractivity contribution is 5.97. The lowest BCUT2D eigenvalue weighted by Crippen LogP contribution is -2.55. The fourth-order valence-corrected chi connectivity index (χ4v) is 4.15. The Labute approximate surface area is 171 Å². The summed E-state index contributed by atoms with van der Waals surface area (Å²) in [6, 6.07) is 16.2. The summed E-state index contributed by atoms with van der Waals surface area (Å²) >= 11 is 0. The first-order valence-corrected chi connectivity index (χ1v) is 10.0. The van der Waals surface area contributed by atoms with Crippen molar-refractivity contribution in [1.29, 1.82) is 0 Å². The van der Waals surface area contributed by atoms with Crippen LogP contribution in [0.3, 0.4) is 0 Å². The minimum atomic E-state index is -0.0138. The molecule has 2 aromatic carbocycles. The molecule has 154 valence electrons. The maximum atomic E-state index is 13.1. The summed E-state index contributed by atoms with van der Waals surface area (Å²) in [6.45, 7) is 3.04. The van der Waals surface area contributed by atoms with Gasteiger partial charge >= 0.3 is 0 Å². The van der Waals surface area contributed by atoms with Crippen LogP contribution in [0.25, 0.3) is 0 Å². The van der Waals surface area contributed by atoms with Gasteiger partial charge in [-0.3, -0.25) is 9.69 Å². The molecule has 2 fully saturated rings. The Morgan fingerprint density at radius 3 is 2.38 bits per heavy atom. The third-order valence-corrected chi connectivity index (χ3v) is 5.76. The average Bonchev–Trinajstić information content (AvgIpc) is 3.29. The molecule has 2 N–H and O–H groups in total. The van der Waals surface area contributed by atoms with E-state index in [1.54, 1.807) is 26.4 Å². The molecule has 0 aliphatic carbocycles. The van der Waals surface area contributed by atoms with Gasteiger partial charge in [0.05, 0.1) is 25.9 Å². The highest BCUT2D eigenvalue weighted by Gasteiger charge is 2.33. The molecule has 2 atom stereocenters. The van der Waals surface area contributed by atoms with Crippen molar-refractivity contribution in [1.82, 2.24) is 20.7 Å². The van der Waals surface area contributed by atoms with Crippen LogP contribution in [0.2, 0.25) is 0 Å². The van der Waals surface area contributed by atoms with E-state index in [4.69, 9.17) is 9.47 Å². The summed E-state index contributed by atoms with van der Waals surface area (Å²) in [4.78, 5) is 17.4. The Morgan fingerprint density at radius 1 is 0.931 bits per heavy atom. The van der Waals surface area contributed by atoms with Crippen LogP contribution >= 0.6 is 0 Å². The lowest BCUT2D eigenvalue weighted by atomic mass is 10.0. The van der Waals surface area contributed by atoms with Crippen LogP contribution in [0.5, 0.6) is 11.5 Å². The molecule has 2 saturated heterocycles. The zero-order valence-electron chi connectivity index (χ0n) is 16.9. The molecule has 7 nitrogen and oxygen atoms in total. The number of hydrogen-bond acceptors (Lipinski definition) is 6. The predicted molar refractivity (Wildman–Crippen MR) is 111 cm³/mol. The van der Waals surface area contributed by atoms with E-state index in [2.05, 4.69) is 40.0 Å². The number of nitrogens with zero attached hydrogens (tertiary/aromatic N) is 2. The van der Waals surface area contributed by atoms with E-state index in [-0.39, 0.29) is 12.1 Å². The molecule has 4 rings (SSSR count). The minimum Gasteiger partial charge on any atom is -0.493 e. The van der Waals surface area contributed by atoms with Crippen LogP contribution in [0.1, 0.15) is 28.4 Å². The van der Waals surface area contributed by atoms with Gasteiger partial charge in [0.1, 0.15) is 0 Å². The van der Waals surface area contributed by atoms with E-state index in [1.165, 1.54) is 5.56 Å². The van der Waals surface area contributed by atoms with Gasteiger partial charge in [0, 0.05) is 32.2 Å². The number of para-hydroxylation sites is 1. The van der Waals surface area contributed by atoms with E-state index >= 15 is 0 Å². The van der Waals surface area contributed by atoms with E-state index in [9.17, 15) is 4.79 Å². The molecular formula is C22H28N4O3. The molecule has 1 amide bonds. The molecular weight excluding hydrogens is 368 g/mol. The van der Waals surface area contributed by atoms with Crippen molar-refractivity contribution in [3.05, 3.63) is 59.7 Å². The van der Waals surface area contributed by atoms with Crippen LogP contribution in [-0.2, 0) is 0 Å². The zero-order chi connectivity index (χ0) is 20.2. The Kier molecular flexibility index (Phi) is 5.99. The second-order valence-electron chi connectivity index (χ2n) is 7.37. The Hall–Kier alpha value is -2.61. The minimum absolute atomic E-state index is 0.0138. The van der Waals surface area contributed by atoms with Gasteiger partial charge in [-0.25, -0.2) is 10.9 Å². The number of carbonyl (C=O) groups is 1. The Bertz CT molecular complexity index is 837. The van der Waals surface area contributed by atoms with E-state index < -0.39 is 0 Å². The quantitative estimate of drug-likeness (QED) is 0.806. The van der Waals surface area contributed by atoms with Crippen LogP contribution in [0.4, 0.5) is 0 Å². The average molecular weight is 396 g/mol. The number of amides is 1. The lowest BCUT2D eigenvalue weighted by Gasteiger charge is -2.37. The van der Waals surface area contributed by atoms with Crippen molar-refractivity contribution >= 4 is 5.91 Å². The summed E-state index contributed by atoms with van der Waals surface area (Å²) < 4.78 is 10.8.